The Hall–Kier alpha value is -2.41. The Balaban J connectivity index is 0.00000196. The first-order valence-corrected chi connectivity index (χ1v) is 8.59. The molecule has 0 bridgehead atoms. The number of benzene rings is 1. The molecule has 1 aromatic carbocycles. The van der Waals surface area contributed by atoms with Crippen molar-refractivity contribution in [1.29, 1.82) is 0 Å². The molecule has 1 amide bonds. The number of hydrogen-bond donors (Lipinski definition) is 2. The van der Waals surface area contributed by atoms with Gasteiger partial charge in [-0.1, -0.05) is 36.4 Å². The van der Waals surface area contributed by atoms with Crippen LogP contribution in [0.2, 0.25) is 0 Å². The number of nitrogens with zero attached hydrogens (tertiary/aromatic N) is 3. The summed E-state index contributed by atoms with van der Waals surface area (Å²) in [5.74, 6) is 0.586. The molecular formula is C20H25Cl2N5O. The maximum atomic E-state index is 12.2. The summed E-state index contributed by atoms with van der Waals surface area (Å²) in [6, 6.07) is 15.0. The van der Waals surface area contributed by atoms with Crippen molar-refractivity contribution >= 4 is 30.7 Å². The zero-order chi connectivity index (χ0) is 18.5. The van der Waals surface area contributed by atoms with Gasteiger partial charge in [-0.05, 0) is 43.5 Å². The molecule has 0 aliphatic carbocycles. The lowest BCUT2D eigenvalue weighted by molar-refractivity contribution is -0.122. The Labute approximate surface area is 177 Å². The molecule has 28 heavy (non-hydrogen) atoms. The van der Waals surface area contributed by atoms with E-state index in [0.717, 1.165) is 28.3 Å². The standard InChI is InChI=1S/C20H23N5O.2ClH/c1-14-10-15(2)25(24-14)19-9-8-17(12-22-19)13-23-20(26)18(21)11-16-6-4-3-5-7-16;;/h3-10,12,18H,11,13,21H2,1-2H3,(H,23,26);2*1H. The Bertz CT molecular complexity index is 881. The second kappa shape index (κ2) is 10.8. The third-order valence-corrected chi connectivity index (χ3v) is 4.14. The lowest BCUT2D eigenvalue weighted by Gasteiger charge is -2.12. The maximum Gasteiger partial charge on any atom is 0.237 e. The number of hydrogen-bond acceptors (Lipinski definition) is 4. The topological polar surface area (TPSA) is 85.8 Å². The van der Waals surface area contributed by atoms with Crippen LogP contribution in [0.5, 0.6) is 0 Å². The molecule has 150 valence electrons. The number of nitrogens with one attached hydrogen (secondary N) is 1. The fourth-order valence-electron chi connectivity index (χ4n) is 2.79. The van der Waals surface area contributed by atoms with Gasteiger partial charge in [0.05, 0.1) is 11.7 Å². The van der Waals surface area contributed by atoms with E-state index in [9.17, 15) is 4.79 Å². The molecule has 0 radical (unpaired) electrons. The van der Waals surface area contributed by atoms with Crippen LogP contribution in [-0.4, -0.2) is 26.7 Å². The number of pyridine rings is 1. The molecule has 0 fully saturated rings. The average molecular weight is 422 g/mol. The number of carbonyl (C=O) groups excluding carboxylic acids is 1. The minimum absolute atomic E-state index is 0. The third kappa shape index (κ3) is 6.05. The fourth-order valence-corrected chi connectivity index (χ4v) is 2.79. The van der Waals surface area contributed by atoms with E-state index in [4.69, 9.17) is 5.73 Å². The zero-order valence-corrected chi connectivity index (χ0v) is 17.5. The molecule has 3 aromatic rings. The molecule has 0 saturated heterocycles. The van der Waals surface area contributed by atoms with Crippen LogP contribution in [0.4, 0.5) is 0 Å². The van der Waals surface area contributed by atoms with Gasteiger partial charge in [0, 0.05) is 18.4 Å². The quantitative estimate of drug-likeness (QED) is 0.640. The van der Waals surface area contributed by atoms with Crippen LogP contribution in [0.1, 0.15) is 22.5 Å². The molecule has 2 heterocycles. The highest BCUT2D eigenvalue weighted by Crippen LogP contribution is 2.10. The normalized spacial score (nSPS) is 11.1. The third-order valence-electron chi connectivity index (χ3n) is 4.14. The highest BCUT2D eigenvalue weighted by atomic mass is 35.5. The highest BCUT2D eigenvalue weighted by molar-refractivity contribution is 5.85. The molecular weight excluding hydrogens is 397 g/mol. The Morgan fingerprint density at radius 3 is 2.39 bits per heavy atom. The van der Waals surface area contributed by atoms with E-state index in [1.54, 1.807) is 10.9 Å². The summed E-state index contributed by atoms with van der Waals surface area (Å²) in [5, 5.41) is 7.28. The summed E-state index contributed by atoms with van der Waals surface area (Å²) >= 11 is 0. The van der Waals surface area contributed by atoms with Crippen molar-refractivity contribution in [2.75, 3.05) is 0 Å². The number of carbonyl (C=O) groups is 1. The predicted octanol–water partition coefficient (Wildman–Crippen LogP) is 2.91. The molecule has 3 N–H and O–H groups in total. The Kier molecular flexibility index (Phi) is 9.12. The van der Waals surface area contributed by atoms with Crippen molar-refractivity contribution in [3.63, 3.8) is 0 Å². The summed E-state index contributed by atoms with van der Waals surface area (Å²) in [5.41, 5.74) is 9.94. The van der Waals surface area contributed by atoms with Gasteiger partial charge in [0.25, 0.3) is 0 Å². The minimum atomic E-state index is -0.570. The molecule has 6 nitrogen and oxygen atoms in total. The number of aromatic nitrogens is 3. The average Bonchev–Trinajstić information content (AvgIpc) is 2.99. The molecule has 0 aliphatic rings. The number of aryl methyl sites for hydroxylation is 2. The van der Waals surface area contributed by atoms with E-state index in [-0.39, 0.29) is 30.7 Å². The Morgan fingerprint density at radius 1 is 1.11 bits per heavy atom. The van der Waals surface area contributed by atoms with Crippen LogP contribution in [0.3, 0.4) is 0 Å². The van der Waals surface area contributed by atoms with Crippen molar-refractivity contribution in [3.8, 4) is 5.82 Å². The van der Waals surface area contributed by atoms with Crippen LogP contribution in [0.15, 0.2) is 54.7 Å². The fraction of sp³-hybridized carbons (Fsp3) is 0.250. The molecule has 0 aliphatic heterocycles. The molecule has 1 unspecified atom stereocenters. The number of rotatable bonds is 6. The number of halogens is 2. The van der Waals surface area contributed by atoms with Crippen molar-refractivity contribution in [2.45, 2.75) is 32.9 Å². The first-order chi connectivity index (χ1) is 12.5. The summed E-state index contributed by atoms with van der Waals surface area (Å²) in [7, 11) is 0. The number of amides is 1. The second-order valence-corrected chi connectivity index (χ2v) is 6.38. The minimum Gasteiger partial charge on any atom is -0.351 e. The van der Waals surface area contributed by atoms with Gasteiger partial charge in [0.15, 0.2) is 5.82 Å². The van der Waals surface area contributed by atoms with E-state index in [2.05, 4.69) is 15.4 Å². The molecule has 8 heteroatoms. The van der Waals surface area contributed by atoms with E-state index < -0.39 is 6.04 Å². The van der Waals surface area contributed by atoms with Crippen molar-refractivity contribution in [2.24, 2.45) is 5.73 Å². The first-order valence-electron chi connectivity index (χ1n) is 8.59. The molecule has 2 aromatic heterocycles. The van der Waals surface area contributed by atoms with Gasteiger partial charge in [0.1, 0.15) is 0 Å². The highest BCUT2D eigenvalue weighted by Gasteiger charge is 2.13. The van der Waals surface area contributed by atoms with Gasteiger partial charge in [0.2, 0.25) is 5.91 Å². The second-order valence-electron chi connectivity index (χ2n) is 6.38. The summed E-state index contributed by atoms with van der Waals surface area (Å²) < 4.78 is 1.80. The number of nitrogens with two attached hydrogens (primary N) is 1. The maximum absolute atomic E-state index is 12.2. The lowest BCUT2D eigenvalue weighted by Crippen LogP contribution is -2.41. The summed E-state index contributed by atoms with van der Waals surface area (Å²) in [4.78, 5) is 16.6. The summed E-state index contributed by atoms with van der Waals surface area (Å²) in [6.07, 6.45) is 2.26. The lowest BCUT2D eigenvalue weighted by atomic mass is 10.1. The van der Waals surface area contributed by atoms with Gasteiger partial charge in [-0.25, -0.2) is 9.67 Å². The largest absolute Gasteiger partial charge is 0.351 e. The zero-order valence-electron chi connectivity index (χ0n) is 15.8. The van der Waals surface area contributed by atoms with E-state index in [1.165, 1.54) is 0 Å². The van der Waals surface area contributed by atoms with Gasteiger partial charge >= 0.3 is 0 Å². The predicted molar refractivity (Wildman–Crippen MR) is 115 cm³/mol. The van der Waals surface area contributed by atoms with E-state index >= 15 is 0 Å². The van der Waals surface area contributed by atoms with Crippen LogP contribution in [-0.2, 0) is 17.8 Å². The first kappa shape index (κ1) is 23.6. The van der Waals surface area contributed by atoms with Crippen molar-refractivity contribution in [3.05, 3.63) is 77.2 Å². The van der Waals surface area contributed by atoms with Gasteiger partial charge in [-0.3, -0.25) is 4.79 Å². The molecule has 3 rings (SSSR count). The Morgan fingerprint density at radius 2 is 1.82 bits per heavy atom. The molecule has 1 atom stereocenters. The molecule has 0 spiro atoms. The smallest absolute Gasteiger partial charge is 0.237 e. The van der Waals surface area contributed by atoms with Crippen LogP contribution in [0, 0.1) is 13.8 Å². The van der Waals surface area contributed by atoms with E-state index in [1.807, 2.05) is 62.4 Å². The van der Waals surface area contributed by atoms with Gasteiger partial charge in [-0.2, -0.15) is 5.10 Å². The van der Waals surface area contributed by atoms with Crippen LogP contribution in [0.25, 0.3) is 5.82 Å². The molecule has 0 saturated carbocycles. The summed E-state index contributed by atoms with van der Waals surface area (Å²) in [6.45, 7) is 4.34. The van der Waals surface area contributed by atoms with E-state index in [0.29, 0.717) is 13.0 Å². The van der Waals surface area contributed by atoms with Crippen molar-refractivity contribution in [1.82, 2.24) is 20.1 Å². The van der Waals surface area contributed by atoms with Crippen LogP contribution < -0.4 is 11.1 Å². The van der Waals surface area contributed by atoms with Gasteiger partial charge < -0.3 is 11.1 Å². The van der Waals surface area contributed by atoms with Crippen molar-refractivity contribution < 1.29 is 4.79 Å². The van der Waals surface area contributed by atoms with Gasteiger partial charge in [-0.15, -0.1) is 24.8 Å². The van der Waals surface area contributed by atoms with Crippen LogP contribution >= 0.6 is 24.8 Å². The SMILES string of the molecule is Cc1cc(C)n(-c2ccc(CNC(=O)C(N)Cc3ccccc3)cn2)n1.Cl.Cl. The monoisotopic (exact) mass is 421 g/mol.